The van der Waals surface area contributed by atoms with Gasteiger partial charge >= 0.3 is 0 Å². The van der Waals surface area contributed by atoms with Crippen molar-refractivity contribution < 1.29 is 9.59 Å². The van der Waals surface area contributed by atoms with E-state index in [-0.39, 0.29) is 18.1 Å². The molecule has 19 heavy (non-hydrogen) atoms. The molecule has 2 amide bonds. The lowest BCUT2D eigenvalue weighted by Gasteiger charge is -2.23. The van der Waals surface area contributed by atoms with Crippen molar-refractivity contribution in [3.8, 4) is 0 Å². The van der Waals surface area contributed by atoms with Gasteiger partial charge in [-0.15, -0.1) is 0 Å². The third kappa shape index (κ3) is 3.84. The predicted octanol–water partition coefficient (Wildman–Crippen LogP) is -0.275. The van der Waals surface area contributed by atoms with Crippen LogP contribution in [-0.4, -0.2) is 36.9 Å². The van der Waals surface area contributed by atoms with Gasteiger partial charge in [-0.25, -0.2) is 4.98 Å². The lowest BCUT2D eigenvalue weighted by Crippen LogP contribution is -2.37. The number of nitrogens with zero attached hydrogens (tertiary/aromatic N) is 2. The van der Waals surface area contributed by atoms with Gasteiger partial charge in [-0.3, -0.25) is 9.59 Å². The number of pyridine rings is 1. The Bertz CT molecular complexity index is 475. The Morgan fingerprint density at radius 1 is 1.42 bits per heavy atom. The number of anilines is 2. The number of nitrogen functional groups attached to an aromatic ring is 1. The molecule has 0 aliphatic rings. The van der Waals surface area contributed by atoms with Crippen LogP contribution < -0.4 is 21.7 Å². The van der Waals surface area contributed by atoms with Gasteiger partial charge in [0, 0.05) is 13.6 Å². The zero-order valence-corrected chi connectivity index (χ0v) is 11.1. The highest BCUT2D eigenvalue weighted by atomic mass is 16.2. The molecule has 0 aliphatic heterocycles. The van der Waals surface area contributed by atoms with Gasteiger partial charge in [0.15, 0.2) is 5.82 Å². The molecule has 0 saturated heterocycles. The Hall–Kier alpha value is -2.31. The van der Waals surface area contributed by atoms with Crippen molar-refractivity contribution >= 4 is 23.3 Å². The minimum absolute atomic E-state index is 0.127. The first-order valence-corrected chi connectivity index (χ1v) is 6.01. The number of aromatic nitrogens is 1. The van der Waals surface area contributed by atoms with Gasteiger partial charge in [0.2, 0.25) is 5.91 Å². The van der Waals surface area contributed by atoms with Crippen LogP contribution in [0.5, 0.6) is 0 Å². The SMILES string of the molecule is CCCN(CC(=O)NC)c1nc(C(N)=O)ccc1N. The van der Waals surface area contributed by atoms with E-state index >= 15 is 0 Å². The molecule has 1 aromatic heterocycles. The molecule has 1 rings (SSSR count). The number of amides is 2. The number of carbonyl (C=O) groups is 2. The molecule has 7 nitrogen and oxygen atoms in total. The number of primary amides is 1. The maximum atomic E-state index is 11.5. The Labute approximate surface area is 112 Å². The molecule has 5 N–H and O–H groups in total. The largest absolute Gasteiger partial charge is 0.396 e. The van der Waals surface area contributed by atoms with E-state index in [4.69, 9.17) is 11.5 Å². The number of hydrogen-bond donors (Lipinski definition) is 3. The molecule has 0 unspecified atom stereocenters. The zero-order valence-electron chi connectivity index (χ0n) is 11.1. The highest BCUT2D eigenvalue weighted by Gasteiger charge is 2.16. The van der Waals surface area contributed by atoms with Crippen LogP contribution in [0.15, 0.2) is 12.1 Å². The van der Waals surface area contributed by atoms with Crippen molar-refractivity contribution in [2.75, 3.05) is 30.8 Å². The number of rotatable bonds is 6. The summed E-state index contributed by atoms with van der Waals surface area (Å²) in [5.74, 6) is -0.376. The summed E-state index contributed by atoms with van der Waals surface area (Å²) in [4.78, 5) is 28.5. The van der Waals surface area contributed by atoms with Crippen molar-refractivity contribution in [2.24, 2.45) is 5.73 Å². The Morgan fingerprint density at radius 2 is 2.11 bits per heavy atom. The first kappa shape index (κ1) is 14.7. The summed E-state index contributed by atoms with van der Waals surface area (Å²) in [7, 11) is 1.56. The molecule has 104 valence electrons. The highest BCUT2D eigenvalue weighted by molar-refractivity contribution is 5.92. The number of carbonyl (C=O) groups excluding carboxylic acids is 2. The Kier molecular flexibility index (Phi) is 5.11. The van der Waals surface area contributed by atoms with Crippen LogP contribution in [0, 0.1) is 0 Å². The monoisotopic (exact) mass is 265 g/mol. The lowest BCUT2D eigenvalue weighted by molar-refractivity contribution is -0.119. The van der Waals surface area contributed by atoms with Crippen molar-refractivity contribution in [3.05, 3.63) is 17.8 Å². The minimum atomic E-state index is -0.627. The van der Waals surface area contributed by atoms with Crippen LogP contribution in [0.25, 0.3) is 0 Å². The van der Waals surface area contributed by atoms with Crippen molar-refractivity contribution in [3.63, 3.8) is 0 Å². The van der Waals surface area contributed by atoms with Crippen LogP contribution in [0.2, 0.25) is 0 Å². The molecule has 0 aliphatic carbocycles. The third-order valence-electron chi connectivity index (χ3n) is 2.56. The number of nitrogens with one attached hydrogen (secondary N) is 1. The van der Waals surface area contributed by atoms with Crippen LogP contribution in [0.4, 0.5) is 11.5 Å². The molecule has 0 aromatic carbocycles. The molecule has 7 heteroatoms. The lowest BCUT2D eigenvalue weighted by atomic mass is 10.2. The van der Waals surface area contributed by atoms with Gasteiger partial charge in [0.05, 0.1) is 12.2 Å². The summed E-state index contributed by atoms with van der Waals surface area (Å²) >= 11 is 0. The average Bonchev–Trinajstić information content (AvgIpc) is 2.38. The van der Waals surface area contributed by atoms with Gasteiger partial charge in [-0.2, -0.15) is 0 Å². The Balaban J connectivity index is 3.09. The van der Waals surface area contributed by atoms with Gasteiger partial charge in [0.1, 0.15) is 5.69 Å². The van der Waals surface area contributed by atoms with Crippen molar-refractivity contribution in [1.82, 2.24) is 10.3 Å². The van der Waals surface area contributed by atoms with E-state index in [1.165, 1.54) is 6.07 Å². The maximum Gasteiger partial charge on any atom is 0.267 e. The van der Waals surface area contributed by atoms with E-state index in [9.17, 15) is 9.59 Å². The van der Waals surface area contributed by atoms with Gasteiger partial charge in [-0.1, -0.05) is 6.92 Å². The van der Waals surface area contributed by atoms with Crippen LogP contribution in [0.3, 0.4) is 0 Å². The van der Waals surface area contributed by atoms with Crippen molar-refractivity contribution in [2.45, 2.75) is 13.3 Å². The number of nitrogens with two attached hydrogens (primary N) is 2. The van der Waals surface area contributed by atoms with E-state index in [0.717, 1.165) is 6.42 Å². The van der Waals surface area contributed by atoms with Crippen molar-refractivity contribution in [1.29, 1.82) is 0 Å². The number of likely N-dealkylation sites (N-methyl/N-ethyl adjacent to an activating group) is 1. The summed E-state index contributed by atoms with van der Waals surface area (Å²) in [6.45, 7) is 2.71. The molecule has 1 heterocycles. The fraction of sp³-hybridized carbons (Fsp3) is 0.417. The topological polar surface area (TPSA) is 114 Å². The van der Waals surface area contributed by atoms with E-state index in [2.05, 4.69) is 10.3 Å². The summed E-state index contributed by atoms with van der Waals surface area (Å²) in [5.41, 5.74) is 11.6. The second kappa shape index (κ2) is 6.58. The summed E-state index contributed by atoms with van der Waals surface area (Å²) < 4.78 is 0. The molecule has 0 radical (unpaired) electrons. The normalized spacial score (nSPS) is 10.0. The highest BCUT2D eigenvalue weighted by Crippen LogP contribution is 2.20. The summed E-state index contributed by atoms with van der Waals surface area (Å²) in [5, 5.41) is 2.54. The van der Waals surface area contributed by atoms with E-state index < -0.39 is 5.91 Å². The molecule has 0 bridgehead atoms. The van der Waals surface area contributed by atoms with Gasteiger partial charge in [-0.05, 0) is 18.6 Å². The molecular formula is C12H19N5O2. The second-order valence-corrected chi connectivity index (χ2v) is 4.07. The fourth-order valence-electron chi connectivity index (χ4n) is 1.63. The third-order valence-corrected chi connectivity index (χ3v) is 2.56. The average molecular weight is 265 g/mol. The van der Waals surface area contributed by atoms with Gasteiger partial charge in [0.25, 0.3) is 5.91 Å². The van der Waals surface area contributed by atoms with Crippen LogP contribution in [-0.2, 0) is 4.79 Å². The fourth-order valence-corrected chi connectivity index (χ4v) is 1.63. The summed E-state index contributed by atoms with van der Waals surface area (Å²) in [6.07, 6.45) is 0.818. The second-order valence-electron chi connectivity index (χ2n) is 4.07. The molecule has 1 aromatic rings. The molecule has 0 spiro atoms. The molecular weight excluding hydrogens is 246 g/mol. The quantitative estimate of drug-likeness (QED) is 0.654. The van der Waals surface area contributed by atoms with Crippen LogP contribution >= 0.6 is 0 Å². The number of hydrogen-bond acceptors (Lipinski definition) is 5. The first-order valence-electron chi connectivity index (χ1n) is 6.01. The smallest absolute Gasteiger partial charge is 0.267 e. The maximum absolute atomic E-state index is 11.5. The van der Waals surface area contributed by atoms with Crippen LogP contribution in [0.1, 0.15) is 23.8 Å². The van der Waals surface area contributed by atoms with E-state index in [1.54, 1.807) is 18.0 Å². The molecule has 0 fully saturated rings. The Morgan fingerprint density at radius 3 is 2.63 bits per heavy atom. The van der Waals surface area contributed by atoms with Gasteiger partial charge < -0.3 is 21.7 Å². The predicted molar refractivity (Wildman–Crippen MR) is 73.7 cm³/mol. The standard InChI is InChI=1S/C12H19N5O2/c1-3-6-17(7-10(18)15-2)12-8(13)4-5-9(16-12)11(14)19/h4-5H,3,6-7,13H2,1-2H3,(H2,14,19)(H,15,18). The van der Waals surface area contributed by atoms with E-state index in [0.29, 0.717) is 18.1 Å². The minimum Gasteiger partial charge on any atom is -0.396 e. The summed E-state index contributed by atoms with van der Waals surface area (Å²) in [6, 6.07) is 3.03. The zero-order chi connectivity index (χ0) is 14.4. The molecule has 0 saturated carbocycles. The molecule has 0 atom stereocenters. The van der Waals surface area contributed by atoms with E-state index in [1.807, 2.05) is 6.92 Å². The first-order chi connectivity index (χ1) is 8.99.